The van der Waals surface area contributed by atoms with E-state index in [0.29, 0.717) is 18.3 Å². The highest BCUT2D eigenvalue weighted by atomic mass is 35.5. The third-order valence-corrected chi connectivity index (χ3v) is 7.98. The van der Waals surface area contributed by atoms with Gasteiger partial charge >= 0.3 is 0 Å². The Morgan fingerprint density at radius 3 is 2.34 bits per heavy atom. The molecule has 174 valence electrons. The second kappa shape index (κ2) is 10.1. The van der Waals surface area contributed by atoms with Crippen molar-refractivity contribution in [1.29, 1.82) is 0 Å². The summed E-state index contributed by atoms with van der Waals surface area (Å²) in [4.78, 5) is 2.63. The summed E-state index contributed by atoms with van der Waals surface area (Å²) in [6, 6.07) is 14.2. The first-order valence-corrected chi connectivity index (χ1v) is 12.8. The molecule has 0 bridgehead atoms. The highest BCUT2D eigenvalue weighted by molar-refractivity contribution is 7.89. The Labute approximate surface area is 197 Å². The van der Waals surface area contributed by atoms with Crippen LogP contribution in [0.15, 0.2) is 47.4 Å². The van der Waals surface area contributed by atoms with Crippen LogP contribution in [0, 0.1) is 5.92 Å². The van der Waals surface area contributed by atoms with E-state index < -0.39 is 10.0 Å². The minimum atomic E-state index is -3.60. The van der Waals surface area contributed by atoms with Crippen molar-refractivity contribution < 1.29 is 13.2 Å². The van der Waals surface area contributed by atoms with Gasteiger partial charge in [-0.25, -0.2) is 13.1 Å². The van der Waals surface area contributed by atoms with E-state index in [9.17, 15) is 8.42 Å². The molecule has 2 aromatic carbocycles. The molecule has 5 rings (SSSR count). The molecule has 0 unspecified atom stereocenters. The summed E-state index contributed by atoms with van der Waals surface area (Å²) in [7, 11) is -3.60. The molecule has 0 aromatic heterocycles. The zero-order chi connectivity index (χ0) is 21.3. The quantitative estimate of drug-likeness (QED) is 0.609. The van der Waals surface area contributed by atoms with Gasteiger partial charge < -0.3 is 10.1 Å². The van der Waals surface area contributed by atoms with Crippen molar-refractivity contribution in [2.24, 2.45) is 5.92 Å². The van der Waals surface area contributed by atoms with E-state index in [-0.39, 0.29) is 23.3 Å². The van der Waals surface area contributed by atoms with Crippen LogP contribution in [0.4, 0.5) is 0 Å². The maximum atomic E-state index is 13.1. The van der Waals surface area contributed by atoms with E-state index in [1.165, 1.54) is 11.1 Å². The van der Waals surface area contributed by atoms with E-state index >= 15 is 0 Å². The predicted octanol–water partition coefficient (Wildman–Crippen LogP) is 3.44. The monoisotopic (exact) mass is 477 g/mol. The Morgan fingerprint density at radius 2 is 1.69 bits per heavy atom. The number of nitrogens with zero attached hydrogens (tertiary/aromatic N) is 1. The summed E-state index contributed by atoms with van der Waals surface area (Å²) >= 11 is 0. The standard InChI is InChI=1S/C24H31N3O3S.ClH/c28-31(29,26-22-6-7-22)24-13-19(14-27-15-20-3-1-2-4-21(20)16-27)5-8-23(24)30-17-18-9-11-25-12-10-18;/h1-5,8,13,18,22,25-26H,6-7,9-12,14-17H2;1H. The van der Waals surface area contributed by atoms with Gasteiger partial charge in [0, 0.05) is 25.7 Å². The van der Waals surface area contributed by atoms with Crippen molar-refractivity contribution in [3.8, 4) is 5.75 Å². The van der Waals surface area contributed by atoms with E-state index in [2.05, 4.69) is 39.2 Å². The number of ether oxygens (including phenoxy) is 1. The molecule has 32 heavy (non-hydrogen) atoms. The smallest absolute Gasteiger partial charge is 0.244 e. The highest BCUT2D eigenvalue weighted by Gasteiger charge is 2.30. The summed E-state index contributed by atoms with van der Waals surface area (Å²) in [5.74, 6) is 0.941. The number of hydrogen-bond acceptors (Lipinski definition) is 5. The normalized spacial score (nSPS) is 19.4. The molecule has 0 atom stereocenters. The molecule has 2 heterocycles. The zero-order valence-electron chi connectivity index (χ0n) is 18.3. The molecule has 0 amide bonds. The molecule has 6 nitrogen and oxygen atoms in total. The number of benzene rings is 2. The van der Waals surface area contributed by atoms with Crippen LogP contribution in [0.5, 0.6) is 5.75 Å². The Morgan fingerprint density at radius 1 is 1.00 bits per heavy atom. The molecule has 0 radical (unpaired) electrons. The first kappa shape index (κ1) is 23.5. The molecular weight excluding hydrogens is 446 g/mol. The van der Waals surface area contributed by atoms with Crippen molar-refractivity contribution in [3.63, 3.8) is 0 Å². The second-order valence-electron chi connectivity index (χ2n) is 9.09. The van der Waals surface area contributed by atoms with Gasteiger partial charge in [0.25, 0.3) is 0 Å². The van der Waals surface area contributed by atoms with Crippen LogP contribution in [-0.4, -0.2) is 39.1 Å². The molecule has 3 aliphatic rings. The van der Waals surface area contributed by atoms with Crippen LogP contribution >= 0.6 is 12.4 Å². The molecule has 0 spiro atoms. The fourth-order valence-corrected chi connectivity index (χ4v) is 5.99. The second-order valence-corrected chi connectivity index (χ2v) is 10.8. The van der Waals surface area contributed by atoms with Crippen molar-refractivity contribution in [2.45, 2.75) is 56.3 Å². The van der Waals surface area contributed by atoms with Crippen LogP contribution in [0.1, 0.15) is 42.4 Å². The molecular formula is C24H32ClN3O3S. The maximum Gasteiger partial charge on any atom is 0.244 e. The Hall–Kier alpha value is -1.64. The lowest BCUT2D eigenvalue weighted by atomic mass is 9.99. The number of halogens is 1. The number of rotatable bonds is 8. The van der Waals surface area contributed by atoms with E-state index in [0.717, 1.165) is 64.0 Å². The van der Waals surface area contributed by atoms with Crippen LogP contribution in [0.25, 0.3) is 0 Å². The van der Waals surface area contributed by atoms with Gasteiger partial charge in [-0.1, -0.05) is 30.3 Å². The van der Waals surface area contributed by atoms with Crippen LogP contribution in [0.3, 0.4) is 0 Å². The molecule has 2 aliphatic heterocycles. The van der Waals surface area contributed by atoms with Gasteiger partial charge in [-0.05, 0) is 73.5 Å². The van der Waals surface area contributed by atoms with Crippen LogP contribution in [-0.2, 0) is 29.7 Å². The van der Waals surface area contributed by atoms with Gasteiger partial charge in [0.1, 0.15) is 10.6 Å². The summed E-state index contributed by atoms with van der Waals surface area (Å²) < 4.78 is 35.1. The molecule has 2 N–H and O–H groups in total. The highest BCUT2D eigenvalue weighted by Crippen LogP contribution is 2.31. The summed E-state index contributed by atoms with van der Waals surface area (Å²) in [6.07, 6.45) is 3.96. The lowest BCUT2D eigenvalue weighted by Crippen LogP contribution is -2.31. The number of hydrogen-bond donors (Lipinski definition) is 2. The van der Waals surface area contributed by atoms with Crippen LogP contribution < -0.4 is 14.8 Å². The zero-order valence-corrected chi connectivity index (χ0v) is 19.9. The number of fused-ring (bicyclic) bond motifs is 1. The lowest BCUT2D eigenvalue weighted by Gasteiger charge is -2.23. The molecule has 1 aliphatic carbocycles. The van der Waals surface area contributed by atoms with Gasteiger partial charge in [-0.15, -0.1) is 12.4 Å². The third kappa shape index (κ3) is 5.64. The summed E-state index contributed by atoms with van der Waals surface area (Å²) in [5.41, 5.74) is 3.71. The van der Waals surface area contributed by atoms with Crippen molar-refractivity contribution in [1.82, 2.24) is 14.9 Å². The van der Waals surface area contributed by atoms with Gasteiger partial charge in [0.15, 0.2) is 0 Å². The average molecular weight is 478 g/mol. The predicted molar refractivity (Wildman–Crippen MR) is 128 cm³/mol. The third-order valence-electron chi connectivity index (χ3n) is 6.44. The Kier molecular flexibility index (Phi) is 7.42. The molecule has 1 saturated carbocycles. The first-order valence-electron chi connectivity index (χ1n) is 11.3. The Bertz CT molecular complexity index is 1010. The Balaban J connectivity index is 0.00000245. The number of piperidine rings is 1. The fourth-order valence-electron chi connectivity index (χ4n) is 4.49. The SMILES string of the molecule is Cl.O=S(=O)(NC1CC1)c1cc(CN2Cc3ccccc3C2)ccc1OCC1CCNCC1. The van der Waals surface area contributed by atoms with E-state index in [1.54, 1.807) is 0 Å². The van der Waals surface area contributed by atoms with Gasteiger partial charge in [0.05, 0.1) is 6.61 Å². The van der Waals surface area contributed by atoms with E-state index in [1.807, 2.05) is 18.2 Å². The average Bonchev–Trinajstić information content (AvgIpc) is 3.48. The minimum absolute atomic E-state index is 0. The molecule has 2 aromatic rings. The van der Waals surface area contributed by atoms with Crippen molar-refractivity contribution >= 4 is 22.4 Å². The topological polar surface area (TPSA) is 70.7 Å². The lowest BCUT2D eigenvalue weighted by molar-refractivity contribution is 0.211. The van der Waals surface area contributed by atoms with Gasteiger partial charge in [-0.3, -0.25) is 4.90 Å². The van der Waals surface area contributed by atoms with Gasteiger partial charge in [-0.2, -0.15) is 0 Å². The molecule has 1 saturated heterocycles. The summed E-state index contributed by atoms with van der Waals surface area (Å²) in [6.45, 7) is 5.07. The first-order chi connectivity index (χ1) is 15.1. The van der Waals surface area contributed by atoms with Crippen molar-refractivity contribution in [3.05, 3.63) is 59.2 Å². The maximum absolute atomic E-state index is 13.1. The minimum Gasteiger partial charge on any atom is -0.492 e. The van der Waals surface area contributed by atoms with Gasteiger partial charge in [0.2, 0.25) is 10.0 Å². The largest absolute Gasteiger partial charge is 0.492 e. The fraction of sp³-hybridized carbons (Fsp3) is 0.500. The summed E-state index contributed by atoms with van der Waals surface area (Å²) in [5, 5.41) is 3.36. The number of sulfonamides is 1. The molecule has 8 heteroatoms. The number of nitrogens with one attached hydrogen (secondary N) is 2. The van der Waals surface area contributed by atoms with E-state index in [4.69, 9.17) is 4.74 Å². The molecule has 2 fully saturated rings. The van der Waals surface area contributed by atoms with Crippen LogP contribution in [0.2, 0.25) is 0 Å². The van der Waals surface area contributed by atoms with Crippen molar-refractivity contribution in [2.75, 3.05) is 19.7 Å².